The first-order chi connectivity index (χ1) is 9.47. The lowest BCUT2D eigenvalue weighted by atomic mass is 10.2. The van der Waals surface area contributed by atoms with Gasteiger partial charge in [0.25, 0.3) is 0 Å². The van der Waals surface area contributed by atoms with E-state index in [0.29, 0.717) is 4.47 Å². The van der Waals surface area contributed by atoms with Crippen molar-refractivity contribution in [1.82, 2.24) is 9.97 Å². The molecule has 0 unspecified atom stereocenters. The number of nitro groups is 1. The predicted octanol–water partition coefficient (Wildman–Crippen LogP) is 2.64. The minimum Gasteiger partial charge on any atom is -0.478 e. The van der Waals surface area contributed by atoms with Gasteiger partial charge in [0.1, 0.15) is 23.7 Å². The van der Waals surface area contributed by atoms with E-state index in [1.54, 1.807) is 6.07 Å². The van der Waals surface area contributed by atoms with Crippen molar-refractivity contribution in [3.05, 3.63) is 50.7 Å². The molecule has 1 aromatic heterocycles. The Hall–Kier alpha value is -2.55. The SMILES string of the molecule is O=C(O)c1ccc(Br)cc1Oc1ncc([N+](=O)[O-])cn1. The van der Waals surface area contributed by atoms with E-state index in [0.717, 1.165) is 12.4 Å². The number of carbonyl (C=O) groups is 1. The standard InChI is InChI=1S/C11H6BrN3O5/c12-6-1-2-8(10(16)17)9(3-6)20-11-13-4-7(5-14-11)15(18)19/h1-5H,(H,16,17). The van der Waals surface area contributed by atoms with Crippen LogP contribution in [0.3, 0.4) is 0 Å². The van der Waals surface area contributed by atoms with Gasteiger partial charge in [0.2, 0.25) is 0 Å². The van der Waals surface area contributed by atoms with Crippen molar-refractivity contribution in [3.8, 4) is 11.8 Å². The highest BCUT2D eigenvalue weighted by Gasteiger charge is 2.14. The van der Waals surface area contributed by atoms with Crippen molar-refractivity contribution >= 4 is 27.6 Å². The number of carboxylic acid groups (broad SMARTS) is 1. The van der Waals surface area contributed by atoms with Crippen LogP contribution in [0.1, 0.15) is 10.4 Å². The summed E-state index contributed by atoms with van der Waals surface area (Å²) in [4.78, 5) is 28.1. The molecule has 20 heavy (non-hydrogen) atoms. The first-order valence-corrected chi connectivity index (χ1v) is 5.94. The van der Waals surface area contributed by atoms with E-state index >= 15 is 0 Å². The number of benzene rings is 1. The Morgan fingerprint density at radius 3 is 2.55 bits per heavy atom. The first kappa shape index (κ1) is 13.9. The molecule has 2 rings (SSSR count). The number of rotatable bonds is 4. The van der Waals surface area contributed by atoms with E-state index in [-0.39, 0.29) is 23.0 Å². The highest BCUT2D eigenvalue weighted by molar-refractivity contribution is 9.10. The van der Waals surface area contributed by atoms with Crippen LogP contribution in [0.15, 0.2) is 35.1 Å². The smallest absolute Gasteiger partial charge is 0.339 e. The van der Waals surface area contributed by atoms with Crippen LogP contribution < -0.4 is 4.74 Å². The van der Waals surface area contributed by atoms with Gasteiger partial charge in [0.15, 0.2) is 0 Å². The lowest BCUT2D eigenvalue weighted by molar-refractivity contribution is -0.385. The maximum absolute atomic E-state index is 11.0. The third kappa shape index (κ3) is 3.06. The molecule has 1 aromatic carbocycles. The summed E-state index contributed by atoms with van der Waals surface area (Å²) in [5.74, 6) is -1.14. The van der Waals surface area contributed by atoms with Crippen LogP contribution in [-0.2, 0) is 0 Å². The second-order valence-corrected chi connectivity index (χ2v) is 4.44. The Bertz CT molecular complexity index is 674. The molecule has 0 atom stereocenters. The second kappa shape index (κ2) is 5.61. The Morgan fingerprint density at radius 2 is 2.00 bits per heavy atom. The van der Waals surface area contributed by atoms with E-state index in [1.807, 2.05) is 0 Å². The van der Waals surface area contributed by atoms with Crippen LogP contribution in [0, 0.1) is 10.1 Å². The molecule has 2 aromatic rings. The molecule has 0 aliphatic heterocycles. The van der Waals surface area contributed by atoms with Gasteiger partial charge in [-0.2, -0.15) is 9.97 Å². The van der Waals surface area contributed by atoms with Gasteiger partial charge in [-0.05, 0) is 18.2 Å². The fourth-order valence-corrected chi connectivity index (χ4v) is 1.65. The number of ether oxygens (including phenoxy) is 1. The van der Waals surface area contributed by atoms with E-state index in [1.165, 1.54) is 12.1 Å². The molecular formula is C11H6BrN3O5. The maximum Gasteiger partial charge on any atom is 0.339 e. The Balaban J connectivity index is 2.31. The van der Waals surface area contributed by atoms with Gasteiger partial charge < -0.3 is 9.84 Å². The zero-order valence-corrected chi connectivity index (χ0v) is 11.3. The monoisotopic (exact) mass is 339 g/mol. The average Bonchev–Trinajstić information content (AvgIpc) is 2.39. The minimum atomic E-state index is -1.17. The van der Waals surface area contributed by atoms with E-state index in [4.69, 9.17) is 9.84 Å². The molecule has 0 aliphatic rings. The molecule has 0 fully saturated rings. The largest absolute Gasteiger partial charge is 0.478 e. The number of hydrogen-bond acceptors (Lipinski definition) is 6. The number of hydrogen-bond donors (Lipinski definition) is 1. The molecule has 0 bridgehead atoms. The summed E-state index contributed by atoms with van der Waals surface area (Å²) in [6, 6.07) is 4.16. The lowest BCUT2D eigenvalue weighted by Crippen LogP contribution is -2.01. The number of aromatic nitrogens is 2. The molecular weight excluding hydrogens is 334 g/mol. The van der Waals surface area contributed by atoms with Crippen LogP contribution in [-0.4, -0.2) is 26.0 Å². The zero-order valence-electron chi connectivity index (χ0n) is 9.69. The highest BCUT2D eigenvalue weighted by Crippen LogP contribution is 2.27. The van der Waals surface area contributed by atoms with Gasteiger partial charge in [0, 0.05) is 4.47 Å². The van der Waals surface area contributed by atoms with Gasteiger partial charge >= 0.3 is 17.7 Å². The predicted molar refractivity (Wildman–Crippen MR) is 69.9 cm³/mol. The summed E-state index contributed by atoms with van der Waals surface area (Å²) in [6.45, 7) is 0. The van der Waals surface area contributed by atoms with Crippen LogP contribution >= 0.6 is 15.9 Å². The number of aromatic carboxylic acids is 1. The molecule has 8 nitrogen and oxygen atoms in total. The molecule has 0 saturated heterocycles. The molecule has 0 amide bonds. The van der Waals surface area contributed by atoms with Crippen molar-refractivity contribution in [1.29, 1.82) is 0 Å². The van der Waals surface area contributed by atoms with Crippen molar-refractivity contribution in [3.63, 3.8) is 0 Å². The molecule has 0 spiro atoms. The van der Waals surface area contributed by atoms with Gasteiger partial charge in [-0.3, -0.25) is 10.1 Å². The van der Waals surface area contributed by atoms with Crippen LogP contribution in [0.25, 0.3) is 0 Å². The molecule has 102 valence electrons. The highest BCUT2D eigenvalue weighted by atomic mass is 79.9. The van der Waals surface area contributed by atoms with Crippen LogP contribution in [0.2, 0.25) is 0 Å². The topological polar surface area (TPSA) is 115 Å². The van der Waals surface area contributed by atoms with Gasteiger partial charge in [-0.1, -0.05) is 15.9 Å². The summed E-state index contributed by atoms with van der Waals surface area (Å²) in [6.07, 6.45) is 1.95. The number of carboxylic acids is 1. The van der Waals surface area contributed by atoms with E-state index < -0.39 is 10.9 Å². The first-order valence-electron chi connectivity index (χ1n) is 5.14. The Labute approximate surface area is 120 Å². The molecule has 1 N–H and O–H groups in total. The average molecular weight is 340 g/mol. The summed E-state index contributed by atoms with van der Waals surface area (Å²) in [7, 11) is 0. The van der Waals surface area contributed by atoms with Crippen molar-refractivity contribution < 1.29 is 19.6 Å². The van der Waals surface area contributed by atoms with Crippen molar-refractivity contribution in [2.75, 3.05) is 0 Å². The molecule has 0 radical (unpaired) electrons. The maximum atomic E-state index is 11.0. The van der Waals surface area contributed by atoms with Crippen LogP contribution in [0.5, 0.6) is 11.8 Å². The minimum absolute atomic E-state index is 0.0285. The molecule has 1 heterocycles. The molecule has 9 heteroatoms. The van der Waals surface area contributed by atoms with Crippen LogP contribution in [0.4, 0.5) is 5.69 Å². The van der Waals surface area contributed by atoms with E-state index in [9.17, 15) is 14.9 Å². The summed E-state index contributed by atoms with van der Waals surface area (Å²) in [5, 5.41) is 19.5. The fourth-order valence-electron chi connectivity index (χ4n) is 1.31. The third-order valence-electron chi connectivity index (χ3n) is 2.20. The third-order valence-corrected chi connectivity index (χ3v) is 2.69. The lowest BCUT2D eigenvalue weighted by Gasteiger charge is -2.07. The van der Waals surface area contributed by atoms with Crippen molar-refractivity contribution in [2.45, 2.75) is 0 Å². The zero-order chi connectivity index (χ0) is 14.7. The Morgan fingerprint density at radius 1 is 1.35 bits per heavy atom. The van der Waals surface area contributed by atoms with Gasteiger partial charge in [-0.15, -0.1) is 0 Å². The normalized spacial score (nSPS) is 10.1. The van der Waals surface area contributed by atoms with Crippen molar-refractivity contribution in [2.24, 2.45) is 0 Å². The number of halogens is 1. The fraction of sp³-hybridized carbons (Fsp3) is 0. The Kier molecular flexibility index (Phi) is 3.89. The summed E-state index contributed by atoms with van der Waals surface area (Å²) >= 11 is 3.19. The van der Waals surface area contributed by atoms with E-state index in [2.05, 4.69) is 25.9 Å². The molecule has 0 aliphatic carbocycles. The van der Waals surface area contributed by atoms with Gasteiger partial charge in [-0.25, -0.2) is 4.79 Å². The summed E-state index contributed by atoms with van der Waals surface area (Å²) in [5.41, 5.74) is -0.361. The summed E-state index contributed by atoms with van der Waals surface area (Å²) < 4.78 is 5.84. The second-order valence-electron chi connectivity index (χ2n) is 3.53. The number of nitrogens with zero attached hydrogens (tertiary/aromatic N) is 3. The quantitative estimate of drug-likeness (QED) is 0.672. The molecule has 0 saturated carbocycles. The van der Waals surface area contributed by atoms with Gasteiger partial charge in [0.05, 0.1) is 4.92 Å².